The maximum Gasteiger partial charge on any atom is 0.326 e. The molecule has 31 nitrogen and oxygen atoms in total. The molecule has 0 aliphatic carbocycles. The number of primary amides is 2. The number of carbonyl (C=O) groups is 14. The fourth-order valence-electron chi connectivity index (χ4n) is 8.64. The van der Waals surface area contributed by atoms with Crippen LogP contribution in [-0.2, 0) is 67.1 Å². The van der Waals surface area contributed by atoms with Gasteiger partial charge >= 0.3 is 5.97 Å². The van der Waals surface area contributed by atoms with Gasteiger partial charge in [-0.2, -0.15) is 23.5 Å². The lowest BCUT2D eigenvalue weighted by molar-refractivity contribution is -0.143. The van der Waals surface area contributed by atoms with Crippen molar-refractivity contribution in [2.45, 2.75) is 191 Å². The molecule has 13 amide bonds. The molecule has 1 aliphatic rings. The molecule has 0 aromatic heterocycles. The van der Waals surface area contributed by atoms with E-state index in [1.807, 2.05) is 6.92 Å². The number of hydrogen-bond donors (Lipinski definition) is 16. The molecule has 86 heavy (non-hydrogen) atoms. The highest BCUT2D eigenvalue weighted by molar-refractivity contribution is 7.98. The first-order valence-electron chi connectivity index (χ1n) is 28.8. The van der Waals surface area contributed by atoms with Crippen LogP contribution in [0.2, 0.25) is 0 Å². The van der Waals surface area contributed by atoms with E-state index < -0.39 is 175 Å². The lowest BCUT2D eigenvalue weighted by Gasteiger charge is -2.32. The molecule has 0 spiro atoms. The molecule has 1 saturated heterocycles. The predicted octanol–water partition coefficient (Wildman–Crippen LogP) is -5.12. The zero-order chi connectivity index (χ0) is 65.2. The number of aliphatic carboxylic acids is 1. The molecular weight excluding hydrogens is 1160 g/mol. The first-order chi connectivity index (χ1) is 40.6. The highest BCUT2D eigenvalue weighted by atomic mass is 32.2. The molecular formula is C53H94N16O15S2. The number of likely N-dealkylation sites (tertiary alicyclic amines) is 1. The summed E-state index contributed by atoms with van der Waals surface area (Å²) < 4.78 is 0. The minimum atomic E-state index is -1.73. The summed E-state index contributed by atoms with van der Waals surface area (Å²) in [6, 6.07) is -13.9. The second-order valence-corrected chi connectivity index (χ2v) is 23.1. The lowest BCUT2D eigenvalue weighted by atomic mass is 9.97. The summed E-state index contributed by atoms with van der Waals surface area (Å²) in [6.07, 6.45) is 4.63. The van der Waals surface area contributed by atoms with E-state index in [1.54, 1.807) is 19.4 Å². The quantitative estimate of drug-likeness (QED) is 0.0254. The Morgan fingerprint density at radius 2 is 1.01 bits per heavy atom. The minimum Gasteiger partial charge on any atom is -0.480 e. The molecule has 1 heterocycles. The normalized spacial score (nSPS) is 16.7. The Labute approximate surface area is 510 Å². The molecule has 0 bridgehead atoms. The Hall–Kier alpha value is -6.84. The van der Waals surface area contributed by atoms with E-state index in [-0.39, 0.29) is 57.7 Å². The highest BCUT2D eigenvalue weighted by Gasteiger charge is 2.41. The van der Waals surface area contributed by atoms with Crippen molar-refractivity contribution < 1.29 is 72.2 Å². The second kappa shape index (κ2) is 41.3. The predicted molar refractivity (Wildman–Crippen MR) is 321 cm³/mol. The number of carbonyl (C=O) groups excluding carboxylic acids is 13. The molecule has 1 rings (SSSR count). The number of amides is 13. The van der Waals surface area contributed by atoms with Crippen LogP contribution in [0.3, 0.4) is 0 Å². The van der Waals surface area contributed by atoms with Crippen molar-refractivity contribution in [3.05, 3.63) is 0 Å². The van der Waals surface area contributed by atoms with Gasteiger partial charge in [-0.25, -0.2) is 4.79 Å². The largest absolute Gasteiger partial charge is 0.480 e. The zero-order valence-corrected chi connectivity index (χ0v) is 52.0. The molecule has 0 unspecified atom stereocenters. The van der Waals surface area contributed by atoms with E-state index in [0.717, 1.165) is 0 Å². The van der Waals surface area contributed by atoms with Crippen molar-refractivity contribution in [2.24, 2.45) is 34.6 Å². The van der Waals surface area contributed by atoms with E-state index in [0.29, 0.717) is 50.0 Å². The van der Waals surface area contributed by atoms with Crippen LogP contribution in [0, 0.1) is 5.92 Å². The van der Waals surface area contributed by atoms with Crippen molar-refractivity contribution in [1.29, 1.82) is 0 Å². The molecule has 0 radical (unpaired) electrons. The van der Waals surface area contributed by atoms with Gasteiger partial charge in [0.05, 0.1) is 19.0 Å². The number of thioether (sulfide) groups is 2. The minimum absolute atomic E-state index is 0.0261. The van der Waals surface area contributed by atoms with E-state index in [9.17, 15) is 72.2 Å². The van der Waals surface area contributed by atoms with E-state index in [2.05, 4.69) is 53.2 Å². The molecule has 33 heteroatoms. The third kappa shape index (κ3) is 28.6. The molecule has 12 atom stereocenters. The van der Waals surface area contributed by atoms with Gasteiger partial charge in [-0.1, -0.05) is 20.3 Å². The summed E-state index contributed by atoms with van der Waals surface area (Å²) in [5.74, 6) is -11.6. The number of nitrogens with two attached hydrogens (primary N) is 5. The number of rotatable bonds is 43. The monoisotopic (exact) mass is 1260 g/mol. The van der Waals surface area contributed by atoms with E-state index in [1.165, 1.54) is 49.2 Å². The molecule has 488 valence electrons. The van der Waals surface area contributed by atoms with Gasteiger partial charge in [-0.3, -0.25) is 62.3 Å². The van der Waals surface area contributed by atoms with Gasteiger partial charge in [0, 0.05) is 13.0 Å². The Bertz CT molecular complexity index is 2320. The Kier molecular flexibility index (Phi) is 37.1. The van der Waals surface area contributed by atoms with Crippen molar-refractivity contribution in [3.63, 3.8) is 0 Å². The Morgan fingerprint density at radius 1 is 0.547 bits per heavy atom. The smallest absolute Gasteiger partial charge is 0.326 e. The average molecular weight is 1260 g/mol. The van der Waals surface area contributed by atoms with Crippen LogP contribution in [0.4, 0.5) is 0 Å². The third-order valence-corrected chi connectivity index (χ3v) is 15.2. The van der Waals surface area contributed by atoms with Crippen molar-refractivity contribution in [1.82, 2.24) is 58.1 Å². The standard InChI is InChI=1S/C53H94N16O15S2/c1-8-28(2)42(68-43(73)29(3)56)52(82)69-23-13-16-38(69)51(81)61-30(4)44(74)60-31(5)45(75)63-34(19-24-85-6)46(76)59-27-41(72)62-35(20-25-86-7)49(79)64-32(14-9-11-21-54)47(77)65-33(17-18-39(57)70)48(78)67-37(26-40(58)71)50(80)66-36(53(83)84)15-10-12-22-55/h28-38,42H,8-27,54-56H2,1-7H3,(H2,57,70)(H2,58,71)(H,59,76)(H,60,74)(H,61,81)(H,62,72)(H,63,75)(H,64,79)(H,65,77)(H,66,80)(H,67,78)(H,68,73)(H,83,84)/t28-,29-,30-,31-,32-,33-,34-,35-,36-,37-,38-,42-/m0/s1. The van der Waals surface area contributed by atoms with Gasteiger partial charge in [0.1, 0.15) is 60.4 Å². The number of nitrogens with zero attached hydrogens (tertiary/aromatic N) is 1. The number of unbranched alkanes of at least 4 members (excludes halogenated alkanes) is 2. The number of hydrogen-bond acceptors (Lipinski definition) is 19. The van der Waals surface area contributed by atoms with Gasteiger partial charge in [0.2, 0.25) is 76.8 Å². The fourth-order valence-corrected chi connectivity index (χ4v) is 9.58. The lowest BCUT2D eigenvalue weighted by Crippen LogP contribution is -2.59. The van der Waals surface area contributed by atoms with E-state index in [4.69, 9.17) is 28.7 Å². The zero-order valence-electron chi connectivity index (χ0n) is 50.4. The SMILES string of the molecule is CC[C@H](C)[C@H](NC(=O)[C@H](C)N)C(=O)N1CCC[C@H]1C(=O)N[C@@H](C)C(=O)N[C@@H](C)C(=O)N[C@@H](CCSC)C(=O)NCC(=O)N[C@@H](CCSC)C(=O)N[C@@H](CCCCN)C(=O)N[C@@H](CCC(N)=O)C(=O)N[C@@H](CC(N)=O)C(=O)N[C@@H](CCCCN)C(=O)O. The molecule has 1 aliphatic heterocycles. The number of carboxylic acids is 1. The van der Waals surface area contributed by atoms with Gasteiger partial charge in [0.25, 0.3) is 0 Å². The van der Waals surface area contributed by atoms with Gasteiger partial charge in [0.15, 0.2) is 0 Å². The van der Waals surface area contributed by atoms with Crippen molar-refractivity contribution in [3.8, 4) is 0 Å². The molecule has 1 fully saturated rings. The van der Waals surface area contributed by atoms with Crippen LogP contribution in [0.1, 0.15) is 125 Å². The molecule has 0 aromatic carbocycles. The second-order valence-electron chi connectivity index (χ2n) is 21.1. The van der Waals surface area contributed by atoms with Crippen molar-refractivity contribution in [2.75, 3.05) is 50.2 Å². The van der Waals surface area contributed by atoms with Gasteiger partial charge in [-0.05, 0) is 134 Å². The van der Waals surface area contributed by atoms with Crippen molar-refractivity contribution >= 4 is 106 Å². The first-order valence-corrected chi connectivity index (χ1v) is 31.6. The molecule has 0 aromatic rings. The summed E-state index contributed by atoms with van der Waals surface area (Å²) in [5.41, 5.74) is 27.7. The van der Waals surface area contributed by atoms with E-state index >= 15 is 0 Å². The fraction of sp³-hybridized carbons (Fsp3) is 0.736. The Balaban J connectivity index is 3.18. The van der Waals surface area contributed by atoms with Gasteiger partial charge in [-0.15, -0.1) is 0 Å². The topological polar surface area (TPSA) is 513 Å². The van der Waals surface area contributed by atoms with Crippen LogP contribution in [0.15, 0.2) is 0 Å². The summed E-state index contributed by atoms with van der Waals surface area (Å²) >= 11 is 2.69. The summed E-state index contributed by atoms with van der Waals surface area (Å²) in [7, 11) is 0. The number of nitrogens with one attached hydrogen (secondary N) is 10. The highest BCUT2D eigenvalue weighted by Crippen LogP contribution is 2.22. The summed E-state index contributed by atoms with van der Waals surface area (Å²) in [5, 5.41) is 34.7. The van der Waals surface area contributed by atoms with Crippen LogP contribution < -0.4 is 81.8 Å². The third-order valence-electron chi connectivity index (χ3n) is 14.0. The number of carboxylic acid groups (broad SMARTS) is 1. The van der Waals surface area contributed by atoms with Crippen LogP contribution >= 0.6 is 23.5 Å². The van der Waals surface area contributed by atoms with Crippen LogP contribution in [0.25, 0.3) is 0 Å². The summed E-state index contributed by atoms with van der Waals surface area (Å²) in [6.45, 7) is 7.91. The Morgan fingerprint density at radius 3 is 1.51 bits per heavy atom. The maximum absolute atomic E-state index is 14.0. The van der Waals surface area contributed by atoms with Crippen LogP contribution in [-0.4, -0.2) is 209 Å². The maximum atomic E-state index is 14.0. The first kappa shape index (κ1) is 77.2. The molecule has 21 N–H and O–H groups in total. The average Bonchev–Trinajstić information content (AvgIpc) is 3.25. The van der Waals surface area contributed by atoms with Gasteiger partial charge < -0.3 is 91.8 Å². The summed E-state index contributed by atoms with van der Waals surface area (Å²) in [4.78, 5) is 186. The van der Waals surface area contributed by atoms with Crippen LogP contribution in [0.5, 0.6) is 0 Å². The molecule has 0 saturated carbocycles.